The summed E-state index contributed by atoms with van der Waals surface area (Å²) in [6.45, 7) is 2.62. The molecule has 1 saturated carbocycles. The molecule has 1 unspecified atom stereocenters. The summed E-state index contributed by atoms with van der Waals surface area (Å²) in [6, 6.07) is 12.8. The van der Waals surface area contributed by atoms with Gasteiger partial charge in [-0.25, -0.2) is 4.98 Å². The van der Waals surface area contributed by atoms with Gasteiger partial charge in [0, 0.05) is 31.1 Å². The Labute approximate surface area is 166 Å². The molecule has 2 aromatic rings. The fourth-order valence-corrected chi connectivity index (χ4v) is 5.50. The van der Waals surface area contributed by atoms with Gasteiger partial charge in [-0.2, -0.15) is 0 Å². The second kappa shape index (κ2) is 7.03. The summed E-state index contributed by atoms with van der Waals surface area (Å²) < 4.78 is 0. The van der Waals surface area contributed by atoms with E-state index >= 15 is 0 Å². The van der Waals surface area contributed by atoms with E-state index in [2.05, 4.69) is 34.1 Å². The number of pyridine rings is 1. The number of aromatic nitrogens is 1. The molecule has 2 saturated heterocycles. The molecule has 5 nitrogen and oxygen atoms in total. The number of amides is 1. The third-order valence-corrected chi connectivity index (χ3v) is 7.14. The number of carbonyl (C=O) groups is 1. The quantitative estimate of drug-likeness (QED) is 0.869. The number of piperidine rings is 1. The molecule has 2 aliphatic heterocycles. The molecule has 1 aromatic heterocycles. The van der Waals surface area contributed by atoms with Gasteiger partial charge in [0.05, 0.1) is 17.0 Å². The SMILES string of the molecule is O=C1N([C@H]2CC[C@H](O)CC2)CCC12CCCN(c1ccc3ccccc3n1)C2. The molecule has 0 bridgehead atoms. The Morgan fingerprint density at radius 3 is 2.68 bits per heavy atom. The molecule has 1 amide bonds. The molecule has 3 heterocycles. The zero-order valence-corrected chi connectivity index (χ0v) is 16.4. The van der Waals surface area contributed by atoms with Gasteiger partial charge < -0.3 is 14.9 Å². The standard InChI is InChI=1S/C23H29N3O2/c27-19-9-7-18(8-10-19)26-15-13-23(22(26)28)12-3-14-25(16-23)21-11-6-17-4-1-2-5-20(17)24-21/h1-2,4-6,11,18-19,27H,3,7-10,12-16H2/t18-,19-,23?. The highest BCUT2D eigenvalue weighted by Gasteiger charge is 2.50. The normalized spacial score (nSPS) is 31.1. The van der Waals surface area contributed by atoms with E-state index in [9.17, 15) is 9.90 Å². The third-order valence-electron chi connectivity index (χ3n) is 7.14. The molecule has 148 valence electrons. The molecule has 1 aromatic carbocycles. The van der Waals surface area contributed by atoms with Crippen molar-refractivity contribution in [2.45, 2.75) is 57.1 Å². The minimum Gasteiger partial charge on any atom is -0.393 e. The van der Waals surface area contributed by atoms with Crippen molar-refractivity contribution >= 4 is 22.6 Å². The molecule has 1 N–H and O–H groups in total. The van der Waals surface area contributed by atoms with E-state index in [0.717, 1.165) is 81.3 Å². The molecule has 5 rings (SSSR count). The minimum atomic E-state index is -0.248. The van der Waals surface area contributed by atoms with Crippen molar-refractivity contribution in [3.63, 3.8) is 0 Å². The first-order valence-corrected chi connectivity index (χ1v) is 10.7. The molecular weight excluding hydrogens is 350 g/mol. The van der Waals surface area contributed by atoms with Crippen LogP contribution in [0.4, 0.5) is 5.82 Å². The van der Waals surface area contributed by atoms with Gasteiger partial charge in [0.15, 0.2) is 0 Å². The Kier molecular flexibility index (Phi) is 4.50. The summed E-state index contributed by atoms with van der Waals surface area (Å²) in [6.07, 6.45) is 6.35. The first kappa shape index (κ1) is 17.9. The maximum Gasteiger partial charge on any atom is 0.230 e. The topological polar surface area (TPSA) is 56.7 Å². The van der Waals surface area contributed by atoms with E-state index < -0.39 is 0 Å². The van der Waals surface area contributed by atoms with Crippen LogP contribution in [0, 0.1) is 5.41 Å². The molecule has 1 spiro atoms. The number of aliphatic hydroxyl groups excluding tert-OH is 1. The highest BCUT2D eigenvalue weighted by atomic mass is 16.3. The van der Waals surface area contributed by atoms with Gasteiger partial charge in [0.25, 0.3) is 0 Å². The number of anilines is 1. The maximum absolute atomic E-state index is 13.5. The van der Waals surface area contributed by atoms with Gasteiger partial charge in [-0.1, -0.05) is 18.2 Å². The summed E-state index contributed by atoms with van der Waals surface area (Å²) in [5.74, 6) is 1.34. The lowest BCUT2D eigenvalue weighted by molar-refractivity contribution is -0.139. The highest BCUT2D eigenvalue weighted by Crippen LogP contribution is 2.43. The number of para-hydroxylation sites is 1. The second-order valence-electron chi connectivity index (χ2n) is 8.88. The Bertz CT molecular complexity index is 877. The van der Waals surface area contributed by atoms with E-state index in [1.54, 1.807) is 0 Å². The number of rotatable bonds is 2. The fourth-order valence-electron chi connectivity index (χ4n) is 5.50. The molecule has 1 aliphatic carbocycles. The lowest BCUT2D eigenvalue weighted by atomic mass is 9.78. The Hall–Kier alpha value is -2.14. The van der Waals surface area contributed by atoms with Gasteiger partial charge in [0.1, 0.15) is 5.82 Å². The fraction of sp³-hybridized carbons (Fsp3) is 0.565. The average molecular weight is 380 g/mol. The van der Waals surface area contributed by atoms with E-state index in [-0.39, 0.29) is 11.5 Å². The predicted octanol–water partition coefficient (Wildman–Crippen LogP) is 3.36. The van der Waals surface area contributed by atoms with Gasteiger partial charge in [-0.15, -0.1) is 0 Å². The van der Waals surface area contributed by atoms with Crippen LogP contribution in [0.1, 0.15) is 44.9 Å². The Morgan fingerprint density at radius 1 is 1.00 bits per heavy atom. The lowest BCUT2D eigenvalue weighted by Crippen LogP contribution is -2.50. The van der Waals surface area contributed by atoms with Gasteiger partial charge in [-0.3, -0.25) is 4.79 Å². The third kappa shape index (κ3) is 3.06. The van der Waals surface area contributed by atoms with Crippen LogP contribution >= 0.6 is 0 Å². The van der Waals surface area contributed by atoms with Crippen LogP contribution in [0.5, 0.6) is 0 Å². The number of carbonyl (C=O) groups excluding carboxylic acids is 1. The number of aliphatic hydroxyl groups is 1. The van der Waals surface area contributed by atoms with Crippen molar-refractivity contribution < 1.29 is 9.90 Å². The summed E-state index contributed by atoms with van der Waals surface area (Å²) in [5.41, 5.74) is 0.765. The van der Waals surface area contributed by atoms with E-state index in [4.69, 9.17) is 4.98 Å². The highest BCUT2D eigenvalue weighted by molar-refractivity contribution is 5.86. The van der Waals surface area contributed by atoms with Crippen molar-refractivity contribution in [3.8, 4) is 0 Å². The van der Waals surface area contributed by atoms with Crippen molar-refractivity contribution in [2.24, 2.45) is 5.41 Å². The first-order valence-electron chi connectivity index (χ1n) is 10.7. The smallest absolute Gasteiger partial charge is 0.230 e. The number of hydrogen-bond donors (Lipinski definition) is 1. The van der Waals surface area contributed by atoms with Crippen molar-refractivity contribution in [1.29, 1.82) is 0 Å². The van der Waals surface area contributed by atoms with Crippen LogP contribution in [0.2, 0.25) is 0 Å². The first-order chi connectivity index (χ1) is 13.6. The van der Waals surface area contributed by atoms with Crippen LogP contribution in [-0.2, 0) is 4.79 Å². The van der Waals surface area contributed by atoms with E-state index in [0.29, 0.717) is 11.9 Å². The summed E-state index contributed by atoms with van der Waals surface area (Å²) in [4.78, 5) is 22.8. The minimum absolute atomic E-state index is 0.174. The number of likely N-dealkylation sites (tertiary alicyclic amines) is 1. The lowest BCUT2D eigenvalue weighted by Gasteiger charge is -2.41. The Morgan fingerprint density at radius 2 is 1.82 bits per heavy atom. The maximum atomic E-state index is 13.5. The Balaban J connectivity index is 1.35. The predicted molar refractivity (Wildman–Crippen MR) is 110 cm³/mol. The van der Waals surface area contributed by atoms with Crippen LogP contribution in [0.3, 0.4) is 0 Å². The van der Waals surface area contributed by atoms with Crippen LogP contribution in [0.15, 0.2) is 36.4 Å². The van der Waals surface area contributed by atoms with Crippen molar-refractivity contribution in [1.82, 2.24) is 9.88 Å². The van der Waals surface area contributed by atoms with E-state index in [1.165, 1.54) is 0 Å². The molecule has 0 radical (unpaired) electrons. The molecule has 28 heavy (non-hydrogen) atoms. The zero-order chi connectivity index (χ0) is 19.1. The van der Waals surface area contributed by atoms with Gasteiger partial charge >= 0.3 is 0 Å². The van der Waals surface area contributed by atoms with Crippen LogP contribution in [0.25, 0.3) is 10.9 Å². The molecule has 5 heteroatoms. The summed E-state index contributed by atoms with van der Waals surface area (Å²) in [7, 11) is 0. The number of hydrogen-bond acceptors (Lipinski definition) is 4. The molecule has 1 atom stereocenters. The van der Waals surface area contributed by atoms with Gasteiger partial charge in [-0.05, 0) is 63.1 Å². The summed E-state index contributed by atoms with van der Waals surface area (Å²) in [5, 5.41) is 11.0. The second-order valence-corrected chi connectivity index (χ2v) is 8.88. The average Bonchev–Trinajstić information content (AvgIpc) is 3.04. The molecule has 3 aliphatic rings. The van der Waals surface area contributed by atoms with Crippen LogP contribution < -0.4 is 4.90 Å². The summed E-state index contributed by atoms with van der Waals surface area (Å²) >= 11 is 0. The number of nitrogens with zero attached hydrogens (tertiary/aromatic N) is 3. The van der Waals surface area contributed by atoms with Crippen molar-refractivity contribution in [3.05, 3.63) is 36.4 Å². The zero-order valence-electron chi connectivity index (χ0n) is 16.4. The monoisotopic (exact) mass is 379 g/mol. The van der Waals surface area contributed by atoms with E-state index in [1.807, 2.05) is 12.1 Å². The molecule has 3 fully saturated rings. The number of benzene rings is 1. The largest absolute Gasteiger partial charge is 0.393 e. The number of fused-ring (bicyclic) bond motifs is 1. The van der Waals surface area contributed by atoms with Gasteiger partial charge in [0.2, 0.25) is 5.91 Å². The molecular formula is C23H29N3O2. The van der Waals surface area contributed by atoms with Crippen molar-refractivity contribution in [2.75, 3.05) is 24.5 Å². The van der Waals surface area contributed by atoms with Crippen LogP contribution in [-0.4, -0.2) is 52.7 Å².